The summed E-state index contributed by atoms with van der Waals surface area (Å²) in [5.41, 5.74) is -0.0843. The van der Waals surface area contributed by atoms with E-state index in [1.54, 1.807) is 12.1 Å². The molecule has 7 heteroatoms. The summed E-state index contributed by atoms with van der Waals surface area (Å²) in [5, 5.41) is 10.1. The van der Waals surface area contributed by atoms with E-state index >= 15 is 0 Å². The molecule has 0 bridgehead atoms. The van der Waals surface area contributed by atoms with Crippen LogP contribution in [-0.2, 0) is 14.8 Å². The molecular weight excluding hydrogens is 304 g/mol. The lowest BCUT2D eigenvalue weighted by Crippen LogP contribution is -2.64. The van der Waals surface area contributed by atoms with Crippen molar-refractivity contribution in [3.05, 3.63) is 36.0 Å². The number of fused-ring (bicyclic) bond motifs is 1. The van der Waals surface area contributed by atoms with Gasteiger partial charge in [-0.25, -0.2) is 8.42 Å². The maximum atomic E-state index is 12.9. The zero-order chi connectivity index (χ0) is 16.1. The third kappa shape index (κ3) is 1.93. The largest absolute Gasteiger partial charge is 0.480 e. The van der Waals surface area contributed by atoms with Crippen molar-refractivity contribution >= 4 is 26.9 Å². The minimum Gasteiger partial charge on any atom is -0.480 e. The predicted octanol–water partition coefficient (Wildman–Crippen LogP) is 1.78. The first-order valence-corrected chi connectivity index (χ1v) is 8.33. The van der Waals surface area contributed by atoms with Gasteiger partial charge in [-0.15, -0.1) is 0 Å². The van der Waals surface area contributed by atoms with Crippen molar-refractivity contribution in [2.75, 3.05) is 6.54 Å². The Hall–Kier alpha value is -1.99. The maximum Gasteiger partial charge on any atom is 0.324 e. The number of nitrogens with zero attached hydrogens (tertiary/aromatic N) is 2. The van der Waals surface area contributed by atoms with Gasteiger partial charge in [0.1, 0.15) is 10.4 Å². The molecule has 1 aromatic carbocycles. The number of hydrogen-bond acceptors (Lipinski definition) is 4. The first-order valence-electron chi connectivity index (χ1n) is 6.89. The molecule has 1 N–H and O–H groups in total. The fraction of sp³-hybridized carbons (Fsp3) is 0.333. The van der Waals surface area contributed by atoms with Gasteiger partial charge in [0.25, 0.3) is 0 Å². The summed E-state index contributed by atoms with van der Waals surface area (Å²) in [6.45, 7) is 3.51. The van der Waals surface area contributed by atoms with Crippen LogP contribution in [0.2, 0.25) is 0 Å². The summed E-state index contributed by atoms with van der Waals surface area (Å²) in [6, 6.07) is 6.77. The number of carboxylic acids is 1. The summed E-state index contributed by atoms with van der Waals surface area (Å²) < 4.78 is 26.8. The molecule has 0 amide bonds. The third-order valence-corrected chi connectivity index (χ3v) is 6.38. The first-order chi connectivity index (χ1) is 10.3. The van der Waals surface area contributed by atoms with E-state index < -0.39 is 21.5 Å². The van der Waals surface area contributed by atoms with Crippen LogP contribution < -0.4 is 0 Å². The Bertz CT molecular complexity index is 878. The molecule has 1 aromatic heterocycles. The molecule has 1 aliphatic heterocycles. The molecule has 116 valence electrons. The van der Waals surface area contributed by atoms with Crippen molar-refractivity contribution in [3.63, 3.8) is 0 Å². The number of aryl methyl sites for hydroxylation is 1. The fourth-order valence-electron chi connectivity index (χ4n) is 2.75. The summed E-state index contributed by atoms with van der Waals surface area (Å²) in [5.74, 6) is -1.13. The van der Waals surface area contributed by atoms with Gasteiger partial charge >= 0.3 is 5.97 Å². The Balaban J connectivity index is 2.20. The van der Waals surface area contributed by atoms with Crippen molar-refractivity contribution in [1.29, 1.82) is 0 Å². The second-order valence-corrected chi connectivity index (χ2v) is 7.52. The number of carboxylic acid groups (broad SMARTS) is 1. The number of benzene rings is 1. The maximum absolute atomic E-state index is 12.9. The molecule has 0 saturated carbocycles. The Morgan fingerprint density at radius 3 is 2.68 bits per heavy atom. The van der Waals surface area contributed by atoms with Crippen LogP contribution in [0.4, 0.5) is 0 Å². The van der Waals surface area contributed by atoms with Crippen LogP contribution in [0.1, 0.15) is 18.9 Å². The van der Waals surface area contributed by atoms with E-state index in [-0.39, 0.29) is 11.4 Å². The molecule has 6 nitrogen and oxygen atoms in total. The van der Waals surface area contributed by atoms with Crippen LogP contribution in [0.15, 0.2) is 35.4 Å². The van der Waals surface area contributed by atoms with Gasteiger partial charge < -0.3 is 5.11 Å². The highest BCUT2D eigenvalue weighted by Crippen LogP contribution is 2.38. The molecule has 1 fully saturated rings. The molecular formula is C15H16N2O4S. The van der Waals surface area contributed by atoms with E-state index in [4.69, 9.17) is 0 Å². The van der Waals surface area contributed by atoms with Crippen molar-refractivity contribution < 1.29 is 18.3 Å². The SMILES string of the molecule is Cc1ccc(S(=O)(=O)N2CCC2(C)C(=O)O)c2ncccc12. The average molecular weight is 320 g/mol. The predicted molar refractivity (Wildman–Crippen MR) is 81.0 cm³/mol. The number of rotatable bonds is 3. The van der Waals surface area contributed by atoms with Crippen LogP contribution in [0, 0.1) is 6.92 Å². The number of aliphatic carboxylic acids is 1. The molecule has 1 unspecified atom stereocenters. The van der Waals surface area contributed by atoms with Crippen molar-refractivity contribution in [3.8, 4) is 0 Å². The highest BCUT2D eigenvalue weighted by Gasteiger charge is 2.53. The zero-order valence-electron chi connectivity index (χ0n) is 12.3. The second kappa shape index (κ2) is 4.76. The lowest BCUT2D eigenvalue weighted by Gasteiger charge is -2.45. The van der Waals surface area contributed by atoms with E-state index in [0.717, 1.165) is 15.3 Å². The van der Waals surface area contributed by atoms with Crippen LogP contribution in [-0.4, -0.2) is 40.9 Å². The molecule has 0 aliphatic carbocycles. The molecule has 2 aromatic rings. The Kier molecular flexibility index (Phi) is 3.23. The van der Waals surface area contributed by atoms with E-state index in [1.807, 2.05) is 13.0 Å². The minimum absolute atomic E-state index is 0.0564. The lowest BCUT2D eigenvalue weighted by atomic mass is 9.90. The summed E-state index contributed by atoms with van der Waals surface area (Å²) >= 11 is 0. The van der Waals surface area contributed by atoms with Gasteiger partial charge in [-0.1, -0.05) is 12.1 Å². The van der Waals surface area contributed by atoms with Crippen molar-refractivity contribution in [2.24, 2.45) is 0 Å². The molecule has 22 heavy (non-hydrogen) atoms. The molecule has 1 atom stereocenters. The van der Waals surface area contributed by atoms with Gasteiger partial charge in [-0.05, 0) is 38.0 Å². The van der Waals surface area contributed by atoms with Crippen LogP contribution in [0.25, 0.3) is 10.9 Å². The molecule has 1 aliphatic rings. The number of hydrogen-bond donors (Lipinski definition) is 1. The summed E-state index contributed by atoms with van der Waals surface area (Å²) in [6.07, 6.45) is 1.84. The van der Waals surface area contributed by atoms with E-state index in [0.29, 0.717) is 11.9 Å². The standard InChI is InChI=1S/C15H16N2O4S/c1-10-5-6-12(13-11(10)4-3-8-16-13)22(20,21)17-9-7-15(17,2)14(18)19/h3-6,8H,7,9H2,1-2H3,(H,18,19). The van der Waals surface area contributed by atoms with Gasteiger partial charge in [-0.2, -0.15) is 4.31 Å². The van der Waals surface area contributed by atoms with Gasteiger partial charge in [0.2, 0.25) is 10.0 Å². The van der Waals surface area contributed by atoms with Crippen molar-refractivity contribution in [2.45, 2.75) is 30.7 Å². The molecule has 0 radical (unpaired) electrons. The molecule has 0 spiro atoms. The zero-order valence-corrected chi connectivity index (χ0v) is 13.1. The van der Waals surface area contributed by atoms with E-state index in [2.05, 4.69) is 4.98 Å². The van der Waals surface area contributed by atoms with Gasteiger partial charge in [0.15, 0.2) is 0 Å². The van der Waals surface area contributed by atoms with E-state index in [9.17, 15) is 18.3 Å². The third-order valence-electron chi connectivity index (χ3n) is 4.33. The Morgan fingerprint density at radius 2 is 2.09 bits per heavy atom. The molecule has 2 heterocycles. The second-order valence-electron chi connectivity index (χ2n) is 5.69. The van der Waals surface area contributed by atoms with Crippen molar-refractivity contribution in [1.82, 2.24) is 9.29 Å². The summed E-state index contributed by atoms with van der Waals surface area (Å²) in [7, 11) is -3.91. The minimum atomic E-state index is -3.91. The fourth-order valence-corrected chi connectivity index (χ4v) is 4.67. The van der Waals surface area contributed by atoms with Crippen LogP contribution in [0.5, 0.6) is 0 Å². The monoisotopic (exact) mass is 320 g/mol. The number of aromatic nitrogens is 1. The number of sulfonamides is 1. The molecule has 1 saturated heterocycles. The summed E-state index contributed by atoms with van der Waals surface area (Å²) in [4.78, 5) is 15.6. The van der Waals surface area contributed by atoms with E-state index in [1.165, 1.54) is 19.2 Å². The normalized spacial score (nSPS) is 22.5. The van der Waals surface area contributed by atoms with Gasteiger partial charge in [-0.3, -0.25) is 9.78 Å². The highest BCUT2D eigenvalue weighted by atomic mass is 32.2. The average Bonchev–Trinajstić information content (AvgIpc) is 2.45. The van der Waals surface area contributed by atoms with Crippen LogP contribution in [0.3, 0.4) is 0 Å². The molecule has 3 rings (SSSR count). The smallest absolute Gasteiger partial charge is 0.324 e. The Morgan fingerprint density at radius 1 is 1.36 bits per heavy atom. The number of pyridine rings is 1. The van der Waals surface area contributed by atoms with Gasteiger partial charge in [0.05, 0.1) is 5.52 Å². The lowest BCUT2D eigenvalue weighted by molar-refractivity contribution is -0.153. The Labute approximate surface area is 128 Å². The van der Waals surface area contributed by atoms with Gasteiger partial charge in [0, 0.05) is 18.1 Å². The number of carbonyl (C=O) groups is 1. The van der Waals surface area contributed by atoms with Crippen LogP contribution >= 0.6 is 0 Å². The quantitative estimate of drug-likeness (QED) is 0.931. The topological polar surface area (TPSA) is 87.6 Å². The highest BCUT2D eigenvalue weighted by molar-refractivity contribution is 7.89. The first kappa shape index (κ1) is 14.9.